The second-order valence-electron chi connectivity index (χ2n) is 4.93. The number of benzene rings is 1. The molecular formula is C15H15NO5. The zero-order chi connectivity index (χ0) is 15.2. The molecule has 2 N–H and O–H groups in total. The van der Waals surface area contributed by atoms with Gasteiger partial charge in [0.05, 0.1) is 12.8 Å². The summed E-state index contributed by atoms with van der Waals surface area (Å²) in [5, 5.41) is 13.0. The highest BCUT2D eigenvalue weighted by Gasteiger charge is 2.49. The molecule has 1 aromatic rings. The topological polar surface area (TPSA) is 77.0 Å². The third-order valence-corrected chi connectivity index (χ3v) is 3.38. The number of nitrogens with one attached hydrogen (secondary N) is 1. The Balaban J connectivity index is 2.11. The van der Waals surface area contributed by atoms with Crippen molar-refractivity contribution in [1.29, 1.82) is 0 Å². The number of ether oxygens (including phenoxy) is 3. The fourth-order valence-corrected chi connectivity index (χ4v) is 2.55. The van der Waals surface area contributed by atoms with Gasteiger partial charge in [0, 0.05) is 12.1 Å². The quantitative estimate of drug-likeness (QED) is 0.470. The van der Waals surface area contributed by atoms with Crippen molar-refractivity contribution in [1.82, 2.24) is 0 Å². The third-order valence-electron chi connectivity index (χ3n) is 3.38. The Morgan fingerprint density at radius 2 is 2.19 bits per heavy atom. The number of carbonyl (C=O) groups excluding carboxylic acids is 1. The van der Waals surface area contributed by atoms with Gasteiger partial charge in [-0.05, 0) is 26.0 Å². The molecule has 0 fully saturated rings. The van der Waals surface area contributed by atoms with Crippen molar-refractivity contribution in [2.24, 2.45) is 0 Å². The number of anilines is 1. The van der Waals surface area contributed by atoms with Crippen LogP contribution in [0.2, 0.25) is 0 Å². The summed E-state index contributed by atoms with van der Waals surface area (Å²) in [5.74, 6) is 0.830. The van der Waals surface area contributed by atoms with E-state index in [1.165, 1.54) is 6.92 Å². The molecular weight excluding hydrogens is 274 g/mol. The average Bonchev–Trinajstić information content (AvgIpc) is 2.73. The van der Waals surface area contributed by atoms with E-state index in [0.717, 1.165) is 0 Å². The molecule has 6 heteroatoms. The summed E-state index contributed by atoms with van der Waals surface area (Å²) in [4.78, 5) is 12.1. The Labute approximate surface area is 121 Å². The van der Waals surface area contributed by atoms with E-state index < -0.39 is 11.7 Å². The molecule has 21 heavy (non-hydrogen) atoms. The van der Waals surface area contributed by atoms with Gasteiger partial charge < -0.3 is 24.6 Å². The molecule has 0 aliphatic carbocycles. The highest BCUT2D eigenvalue weighted by molar-refractivity contribution is 5.95. The molecule has 0 radical (unpaired) electrons. The van der Waals surface area contributed by atoms with Crippen LogP contribution in [0.15, 0.2) is 41.4 Å². The normalized spacial score (nSPS) is 25.5. The van der Waals surface area contributed by atoms with Crippen molar-refractivity contribution in [3.63, 3.8) is 0 Å². The summed E-state index contributed by atoms with van der Waals surface area (Å²) >= 11 is 0. The third kappa shape index (κ3) is 1.99. The average molecular weight is 289 g/mol. The van der Waals surface area contributed by atoms with Crippen LogP contribution in [0, 0.1) is 0 Å². The van der Waals surface area contributed by atoms with E-state index in [9.17, 15) is 9.90 Å². The van der Waals surface area contributed by atoms with E-state index in [1.807, 2.05) is 0 Å². The van der Waals surface area contributed by atoms with Crippen molar-refractivity contribution in [3.8, 4) is 11.5 Å². The van der Waals surface area contributed by atoms with Crippen LogP contribution in [0.25, 0.3) is 0 Å². The first-order chi connectivity index (χ1) is 9.95. The van der Waals surface area contributed by atoms with E-state index in [2.05, 4.69) is 5.32 Å². The van der Waals surface area contributed by atoms with E-state index in [4.69, 9.17) is 14.2 Å². The van der Waals surface area contributed by atoms with Crippen LogP contribution in [0.5, 0.6) is 11.5 Å². The van der Waals surface area contributed by atoms with Crippen LogP contribution in [0.1, 0.15) is 13.8 Å². The number of cyclic esters (lactones) is 1. The van der Waals surface area contributed by atoms with Crippen LogP contribution in [-0.4, -0.2) is 23.9 Å². The number of aliphatic hydroxyl groups is 1. The van der Waals surface area contributed by atoms with Crippen molar-refractivity contribution in [2.45, 2.75) is 19.6 Å². The Kier molecular flexibility index (Phi) is 2.83. The van der Waals surface area contributed by atoms with Gasteiger partial charge in [-0.1, -0.05) is 0 Å². The number of hydrogen-bond acceptors (Lipinski definition) is 6. The molecule has 0 saturated carbocycles. The predicted molar refractivity (Wildman–Crippen MR) is 75.2 cm³/mol. The predicted octanol–water partition coefficient (Wildman–Crippen LogP) is 2.49. The summed E-state index contributed by atoms with van der Waals surface area (Å²) in [5.41, 5.74) is -0.553. The van der Waals surface area contributed by atoms with E-state index in [1.54, 1.807) is 38.3 Å². The Hall–Kier alpha value is -2.63. The smallest absolute Gasteiger partial charge is 0.349 e. The number of allylic oxidation sites excluding steroid dienone is 2. The molecule has 2 aliphatic heterocycles. The first-order valence-corrected chi connectivity index (χ1v) is 6.42. The van der Waals surface area contributed by atoms with Crippen LogP contribution < -0.4 is 14.8 Å². The van der Waals surface area contributed by atoms with Gasteiger partial charge in [0.2, 0.25) is 5.72 Å². The van der Waals surface area contributed by atoms with Crippen molar-refractivity contribution < 1.29 is 24.1 Å². The summed E-state index contributed by atoms with van der Waals surface area (Å²) in [6.07, 6.45) is 1.62. The van der Waals surface area contributed by atoms with Crippen LogP contribution >= 0.6 is 0 Å². The molecule has 2 heterocycles. The maximum atomic E-state index is 12.1. The largest absolute Gasteiger partial charge is 0.512 e. The lowest BCUT2D eigenvalue weighted by Gasteiger charge is -2.31. The molecule has 1 spiro atoms. The SMILES string of the molecule is COc1ccc2c(c1)N[C@@]1(C=C(C)OC(=O)C1=C(C)O)O2. The lowest BCUT2D eigenvalue weighted by molar-refractivity contribution is -0.138. The first-order valence-electron chi connectivity index (χ1n) is 6.42. The van der Waals surface area contributed by atoms with Gasteiger partial charge in [-0.2, -0.15) is 0 Å². The molecule has 6 nitrogen and oxygen atoms in total. The maximum absolute atomic E-state index is 12.1. The van der Waals surface area contributed by atoms with Gasteiger partial charge in [-0.15, -0.1) is 0 Å². The molecule has 0 bridgehead atoms. The minimum Gasteiger partial charge on any atom is -0.512 e. The molecule has 1 atom stereocenters. The van der Waals surface area contributed by atoms with E-state index >= 15 is 0 Å². The standard InChI is InChI=1S/C15H15NO5/c1-8-7-15(13(9(2)17)14(18)20-8)16-11-6-10(19-3)4-5-12(11)21-15/h4-7,16-17H,1-3H3/t15-/m0/s1. The van der Waals surface area contributed by atoms with Gasteiger partial charge in [-0.3, -0.25) is 0 Å². The minimum atomic E-state index is -1.26. The molecule has 2 aliphatic rings. The fourth-order valence-electron chi connectivity index (χ4n) is 2.55. The number of fused-ring (bicyclic) bond motifs is 1. The monoisotopic (exact) mass is 289 g/mol. The van der Waals surface area contributed by atoms with Crippen molar-refractivity contribution in [3.05, 3.63) is 41.4 Å². The second-order valence-corrected chi connectivity index (χ2v) is 4.93. The lowest BCUT2D eigenvalue weighted by Crippen LogP contribution is -2.47. The van der Waals surface area contributed by atoms with Crippen molar-refractivity contribution >= 4 is 11.7 Å². The summed E-state index contributed by atoms with van der Waals surface area (Å²) < 4.78 is 16.1. The summed E-state index contributed by atoms with van der Waals surface area (Å²) in [6, 6.07) is 5.26. The van der Waals surface area contributed by atoms with Gasteiger partial charge in [0.1, 0.15) is 28.6 Å². The number of methoxy groups -OCH3 is 1. The fraction of sp³-hybridized carbons (Fsp3) is 0.267. The molecule has 3 rings (SSSR count). The van der Waals surface area contributed by atoms with E-state index in [0.29, 0.717) is 22.9 Å². The summed E-state index contributed by atoms with van der Waals surface area (Å²) in [7, 11) is 1.57. The molecule has 1 aromatic carbocycles. The minimum absolute atomic E-state index is 0.0308. The van der Waals surface area contributed by atoms with Gasteiger partial charge >= 0.3 is 5.97 Å². The highest BCUT2D eigenvalue weighted by Crippen LogP contribution is 2.45. The first kappa shape index (κ1) is 13.4. The maximum Gasteiger partial charge on any atom is 0.349 e. The highest BCUT2D eigenvalue weighted by atomic mass is 16.6. The molecule has 0 unspecified atom stereocenters. The number of rotatable bonds is 1. The van der Waals surface area contributed by atoms with Crippen molar-refractivity contribution in [2.75, 3.05) is 12.4 Å². The number of aliphatic hydroxyl groups excluding tert-OH is 1. The van der Waals surface area contributed by atoms with Gasteiger partial charge in [0.15, 0.2) is 0 Å². The molecule has 110 valence electrons. The Morgan fingerprint density at radius 3 is 2.86 bits per heavy atom. The summed E-state index contributed by atoms with van der Waals surface area (Å²) in [6.45, 7) is 3.07. The molecule has 0 amide bonds. The zero-order valence-electron chi connectivity index (χ0n) is 11.9. The number of esters is 1. The molecule has 0 aromatic heterocycles. The van der Waals surface area contributed by atoms with Crippen LogP contribution in [0.4, 0.5) is 5.69 Å². The van der Waals surface area contributed by atoms with Crippen LogP contribution in [0.3, 0.4) is 0 Å². The lowest BCUT2D eigenvalue weighted by atomic mass is 9.98. The van der Waals surface area contributed by atoms with Gasteiger partial charge in [-0.25, -0.2) is 4.79 Å². The number of hydrogen-bond donors (Lipinski definition) is 2. The molecule has 0 saturated heterocycles. The Morgan fingerprint density at radius 1 is 1.43 bits per heavy atom. The zero-order valence-corrected chi connectivity index (χ0v) is 11.9. The van der Waals surface area contributed by atoms with E-state index in [-0.39, 0.29) is 11.3 Å². The second kappa shape index (κ2) is 4.44. The van der Waals surface area contributed by atoms with Crippen LogP contribution in [-0.2, 0) is 9.53 Å². The van der Waals surface area contributed by atoms with Gasteiger partial charge in [0.25, 0.3) is 0 Å². The number of carbonyl (C=O) groups is 1. The Bertz CT molecular complexity index is 687.